The highest BCUT2D eigenvalue weighted by Gasteiger charge is 2.77. The summed E-state index contributed by atoms with van der Waals surface area (Å²) in [5, 5.41) is 12.1. The molecule has 2 N–H and O–H groups in total. The third kappa shape index (κ3) is 7.98. The molecule has 7 atom stereocenters. The fourth-order valence-electron chi connectivity index (χ4n) is 7.09. The van der Waals surface area contributed by atoms with E-state index in [0.29, 0.717) is 77.9 Å². The van der Waals surface area contributed by atoms with Crippen molar-refractivity contribution in [2.24, 2.45) is 11.8 Å². The lowest BCUT2D eigenvalue weighted by Crippen LogP contribution is -2.57. The quantitative estimate of drug-likeness (QED) is 0.0939. The van der Waals surface area contributed by atoms with Crippen LogP contribution in [0.25, 0.3) is 0 Å². The van der Waals surface area contributed by atoms with E-state index in [2.05, 4.69) is 39.3 Å². The van der Waals surface area contributed by atoms with Gasteiger partial charge in [-0.3, -0.25) is 24.1 Å². The molecule has 4 rings (SSSR count). The van der Waals surface area contributed by atoms with E-state index in [1.165, 1.54) is 0 Å². The number of likely N-dealkylation sites (tertiary alicyclic amines) is 1. The van der Waals surface area contributed by atoms with Gasteiger partial charge in [0.1, 0.15) is 17.7 Å². The molecule has 2 bridgehead atoms. The summed E-state index contributed by atoms with van der Waals surface area (Å²) in [7, 11) is 0. The average Bonchev–Trinajstić information content (AvgIpc) is 3.62. The molecule has 4 aliphatic rings. The van der Waals surface area contributed by atoms with E-state index in [-0.39, 0.29) is 35.7 Å². The van der Waals surface area contributed by atoms with Crippen LogP contribution in [0.5, 0.6) is 0 Å². The number of aliphatic hydroxyl groups excluding tert-OH is 1. The number of morpholine rings is 1. The predicted octanol–water partition coefficient (Wildman–Crippen LogP) is 1.26. The van der Waals surface area contributed by atoms with E-state index in [1.807, 2.05) is 0 Å². The van der Waals surface area contributed by atoms with E-state index in [1.54, 1.807) is 28.9 Å². The third-order valence-corrected chi connectivity index (χ3v) is 10.1. The van der Waals surface area contributed by atoms with Gasteiger partial charge in [0.25, 0.3) is 0 Å². The fourth-order valence-corrected chi connectivity index (χ4v) is 8.04. The minimum absolute atomic E-state index is 0.0500. The van der Waals surface area contributed by atoms with Crippen molar-refractivity contribution in [2.75, 3.05) is 65.6 Å². The first-order valence-corrected chi connectivity index (χ1v) is 17.1. The SMILES string of the molecule is C=CCCC(=O)NC[C@H](C)OC(=O)[C@H]1[C@@H]2O[C@@]3(CC2Br)[C@@H]1C(=O)N(CCCCCO)[C@@H]3C(=O)N(CC=C)CCN1CCOCC1. The number of carbonyl (C=O) groups is 4. The number of hydrogen-bond acceptors (Lipinski definition) is 9. The number of fused-ring (bicyclic) bond motifs is 1. The van der Waals surface area contributed by atoms with Gasteiger partial charge in [0, 0.05) is 57.1 Å². The summed E-state index contributed by atoms with van der Waals surface area (Å²) in [6, 6.07) is -0.904. The molecule has 4 saturated heterocycles. The Morgan fingerprint density at radius 1 is 1.20 bits per heavy atom. The average molecular weight is 698 g/mol. The number of esters is 1. The number of amides is 3. The van der Waals surface area contributed by atoms with Crippen LogP contribution in [0.3, 0.4) is 0 Å². The molecule has 0 aromatic heterocycles. The van der Waals surface area contributed by atoms with Crippen molar-refractivity contribution >= 4 is 39.6 Å². The van der Waals surface area contributed by atoms with E-state index >= 15 is 0 Å². The van der Waals surface area contributed by atoms with E-state index in [4.69, 9.17) is 14.2 Å². The van der Waals surface area contributed by atoms with Crippen molar-refractivity contribution < 1.29 is 38.5 Å². The number of nitrogens with zero attached hydrogens (tertiary/aromatic N) is 3. The van der Waals surface area contributed by atoms with Crippen LogP contribution in [-0.2, 0) is 33.4 Å². The first-order chi connectivity index (χ1) is 21.7. The lowest BCUT2D eigenvalue weighted by Gasteiger charge is -2.38. The van der Waals surface area contributed by atoms with Gasteiger partial charge in [0.05, 0.1) is 37.7 Å². The van der Waals surface area contributed by atoms with Crippen LogP contribution in [0.15, 0.2) is 25.3 Å². The van der Waals surface area contributed by atoms with Gasteiger partial charge in [-0.15, -0.1) is 13.2 Å². The molecule has 252 valence electrons. The Morgan fingerprint density at radius 2 is 1.96 bits per heavy atom. The smallest absolute Gasteiger partial charge is 0.312 e. The molecule has 4 fully saturated rings. The highest BCUT2D eigenvalue weighted by molar-refractivity contribution is 9.09. The molecule has 4 aliphatic heterocycles. The minimum atomic E-state index is -1.19. The first kappa shape index (κ1) is 35.5. The number of halogens is 1. The second kappa shape index (κ2) is 16.5. The van der Waals surface area contributed by atoms with Crippen LogP contribution in [0, 0.1) is 11.8 Å². The van der Waals surface area contributed by atoms with Crippen molar-refractivity contribution in [1.29, 1.82) is 0 Å². The standard InChI is InChI=1S/C32H49BrN4O8/c1-4-6-10-24(39)34-21-22(3)44-31(42)25-26-29(40)37(12-8-7-9-17-38)28(32(26)20-23(33)27(25)45-32)30(41)36(11-5-2)14-13-35-15-18-43-19-16-35/h4-5,22-23,25-28,38H,1-2,6-21H2,3H3,(H,34,39)/t22-,23?,25+,26-,27+,28+,32-/m0/s1. The first-order valence-electron chi connectivity index (χ1n) is 16.2. The summed E-state index contributed by atoms with van der Waals surface area (Å²) in [5.41, 5.74) is -1.19. The monoisotopic (exact) mass is 696 g/mol. The second-order valence-corrected chi connectivity index (χ2v) is 13.6. The second-order valence-electron chi connectivity index (χ2n) is 12.4. The zero-order chi connectivity index (χ0) is 32.6. The van der Waals surface area contributed by atoms with Gasteiger partial charge < -0.3 is 34.4 Å². The largest absolute Gasteiger partial charge is 0.460 e. The zero-order valence-electron chi connectivity index (χ0n) is 26.4. The molecule has 4 heterocycles. The molecular formula is C32H49BrN4O8. The molecular weight excluding hydrogens is 648 g/mol. The minimum Gasteiger partial charge on any atom is -0.460 e. The van der Waals surface area contributed by atoms with Crippen LogP contribution in [0.1, 0.15) is 45.4 Å². The summed E-state index contributed by atoms with van der Waals surface area (Å²) < 4.78 is 17.9. The Morgan fingerprint density at radius 3 is 2.64 bits per heavy atom. The Kier molecular flexibility index (Phi) is 13.0. The Hall–Kier alpha value is -2.32. The number of alkyl halides is 1. The molecule has 1 unspecified atom stereocenters. The lowest BCUT2D eigenvalue weighted by atomic mass is 9.70. The number of carbonyl (C=O) groups excluding carboxylic acids is 4. The molecule has 0 aromatic carbocycles. The van der Waals surface area contributed by atoms with Crippen molar-refractivity contribution in [3.8, 4) is 0 Å². The Labute approximate surface area is 274 Å². The molecule has 0 aromatic rings. The number of unbranched alkanes of at least 4 members (excludes halogenated alkanes) is 2. The zero-order valence-corrected chi connectivity index (χ0v) is 28.0. The maximum Gasteiger partial charge on any atom is 0.312 e. The Balaban J connectivity index is 1.55. The molecule has 0 aliphatic carbocycles. The maximum absolute atomic E-state index is 14.5. The number of hydrogen-bond donors (Lipinski definition) is 2. The van der Waals surface area contributed by atoms with Gasteiger partial charge in [-0.1, -0.05) is 28.1 Å². The lowest BCUT2D eigenvalue weighted by molar-refractivity contribution is -0.159. The van der Waals surface area contributed by atoms with Crippen LogP contribution >= 0.6 is 15.9 Å². The highest BCUT2D eigenvalue weighted by Crippen LogP contribution is 2.60. The van der Waals surface area contributed by atoms with E-state index < -0.39 is 41.7 Å². The normalized spacial score (nSPS) is 29.7. The van der Waals surface area contributed by atoms with Gasteiger partial charge in [-0.05, 0) is 39.0 Å². The van der Waals surface area contributed by atoms with Gasteiger partial charge in [0.15, 0.2) is 0 Å². The van der Waals surface area contributed by atoms with Gasteiger partial charge in [-0.2, -0.15) is 0 Å². The van der Waals surface area contributed by atoms with Gasteiger partial charge >= 0.3 is 5.97 Å². The third-order valence-electron chi connectivity index (χ3n) is 9.28. The van der Waals surface area contributed by atoms with Crippen LogP contribution in [-0.4, -0.2) is 138 Å². The molecule has 0 saturated carbocycles. The van der Waals surface area contributed by atoms with Gasteiger partial charge in [-0.25, -0.2) is 0 Å². The number of aliphatic hydroxyl groups is 1. The summed E-state index contributed by atoms with van der Waals surface area (Å²) in [6.45, 7) is 14.0. The molecule has 45 heavy (non-hydrogen) atoms. The van der Waals surface area contributed by atoms with E-state index in [9.17, 15) is 24.3 Å². The van der Waals surface area contributed by atoms with Crippen molar-refractivity contribution in [3.63, 3.8) is 0 Å². The number of rotatable bonds is 18. The van der Waals surface area contributed by atoms with E-state index in [0.717, 1.165) is 13.1 Å². The number of ether oxygens (including phenoxy) is 3. The van der Waals surface area contributed by atoms with Crippen molar-refractivity contribution in [1.82, 2.24) is 20.0 Å². The summed E-state index contributed by atoms with van der Waals surface area (Å²) >= 11 is 3.70. The van der Waals surface area contributed by atoms with Crippen molar-refractivity contribution in [3.05, 3.63) is 25.3 Å². The molecule has 12 nitrogen and oxygen atoms in total. The van der Waals surface area contributed by atoms with Crippen LogP contribution < -0.4 is 5.32 Å². The Bertz CT molecular complexity index is 1090. The van der Waals surface area contributed by atoms with Crippen LogP contribution in [0.4, 0.5) is 0 Å². The number of nitrogens with one attached hydrogen (secondary N) is 1. The number of allylic oxidation sites excluding steroid dienone is 1. The molecule has 3 amide bonds. The van der Waals surface area contributed by atoms with Crippen molar-refractivity contribution in [2.45, 2.75) is 74.1 Å². The topological polar surface area (TPSA) is 138 Å². The van der Waals surface area contributed by atoms with Crippen LogP contribution in [0.2, 0.25) is 0 Å². The summed E-state index contributed by atoms with van der Waals surface area (Å²) in [6.07, 6.45) is 5.24. The summed E-state index contributed by atoms with van der Waals surface area (Å²) in [5.74, 6) is -2.99. The fraction of sp³-hybridized carbons (Fsp3) is 0.750. The maximum atomic E-state index is 14.5. The summed E-state index contributed by atoms with van der Waals surface area (Å²) in [4.78, 5) is 59.9. The molecule has 0 radical (unpaired) electrons. The van der Waals surface area contributed by atoms with Gasteiger partial charge in [0.2, 0.25) is 17.7 Å². The molecule has 1 spiro atoms. The molecule has 13 heteroatoms. The highest BCUT2D eigenvalue weighted by atomic mass is 79.9. The predicted molar refractivity (Wildman–Crippen MR) is 170 cm³/mol.